The van der Waals surface area contributed by atoms with Crippen LogP contribution in [0, 0.1) is 0 Å². The quantitative estimate of drug-likeness (QED) is 0.113. The normalized spacial score (nSPS) is 17.0. The first-order chi connectivity index (χ1) is 27.9. The number of unbranched alkanes of at least 4 members (excludes halogenated alkanes) is 2. The summed E-state index contributed by atoms with van der Waals surface area (Å²) in [7, 11) is -3.81. The van der Waals surface area contributed by atoms with Gasteiger partial charge in [-0.05, 0) is 61.7 Å². The number of nitrogens with zero attached hydrogens (tertiary/aromatic N) is 5. The fourth-order valence-corrected chi connectivity index (χ4v) is 8.19. The molecule has 0 bridgehead atoms. The van der Waals surface area contributed by atoms with Crippen molar-refractivity contribution in [3.05, 3.63) is 95.8 Å². The number of nitrogens with one attached hydrogen (secondary N) is 3. The maximum atomic E-state index is 13.2. The van der Waals surface area contributed by atoms with E-state index in [0.717, 1.165) is 10.6 Å². The molecule has 17 nitrogen and oxygen atoms in total. The maximum Gasteiger partial charge on any atom is 0.278 e. The molecule has 3 aliphatic heterocycles. The molecule has 2 fully saturated rings. The molecule has 2 saturated heterocycles. The number of amides is 6. The molecule has 5 N–H and O–H groups in total. The molecule has 18 heteroatoms. The van der Waals surface area contributed by atoms with Gasteiger partial charge in [0.2, 0.25) is 27.7 Å². The second kappa shape index (κ2) is 16.9. The van der Waals surface area contributed by atoms with E-state index < -0.39 is 45.6 Å². The Hall–Kier alpha value is -6.53. The van der Waals surface area contributed by atoms with Gasteiger partial charge in [0.05, 0.1) is 27.9 Å². The number of sulfonamides is 1. The number of nitrogens with two attached hydrogens (primary N) is 1. The number of carbonyl (C=O) groups is 6. The van der Waals surface area contributed by atoms with Crippen LogP contribution in [0.4, 0.5) is 17.2 Å². The average molecular weight is 808 g/mol. The summed E-state index contributed by atoms with van der Waals surface area (Å²) in [6, 6.07) is 18.8. The van der Waals surface area contributed by atoms with Crippen LogP contribution in [-0.4, -0.2) is 102 Å². The van der Waals surface area contributed by atoms with Crippen molar-refractivity contribution < 1.29 is 37.2 Å². The van der Waals surface area contributed by atoms with E-state index in [0.29, 0.717) is 68.8 Å². The number of rotatable bonds is 13. The SMILES string of the molecule is Nc1ncc(-c2ccc(S(=O)(=O)NCCCCCC(=O)N3CCN(c4ccc5c(c4)C(=O)N(C4CCC(=O)NC4=O)C5=O)CC3)cc2)nc1C(=O)Nc1ccccc1. The van der Waals surface area contributed by atoms with Crippen molar-refractivity contribution in [2.45, 2.75) is 49.5 Å². The Bertz CT molecular complexity index is 2380. The van der Waals surface area contributed by atoms with Crippen molar-refractivity contribution in [2.24, 2.45) is 0 Å². The highest BCUT2D eigenvalue weighted by Gasteiger charge is 2.44. The Morgan fingerprint density at radius 2 is 1.59 bits per heavy atom. The number of piperazine rings is 1. The fourth-order valence-electron chi connectivity index (χ4n) is 7.12. The molecule has 4 heterocycles. The van der Waals surface area contributed by atoms with Crippen molar-refractivity contribution in [3.8, 4) is 11.3 Å². The van der Waals surface area contributed by atoms with E-state index in [4.69, 9.17) is 5.73 Å². The minimum Gasteiger partial charge on any atom is -0.382 e. The lowest BCUT2D eigenvalue weighted by atomic mass is 10.0. The van der Waals surface area contributed by atoms with Gasteiger partial charge in [-0.2, -0.15) is 0 Å². The van der Waals surface area contributed by atoms with Crippen molar-refractivity contribution in [3.63, 3.8) is 0 Å². The van der Waals surface area contributed by atoms with Gasteiger partial charge >= 0.3 is 0 Å². The number of benzene rings is 3. The number of nitrogen functional groups attached to an aromatic ring is 1. The smallest absolute Gasteiger partial charge is 0.278 e. The molecule has 4 aromatic rings. The topological polar surface area (TPSA) is 234 Å². The monoisotopic (exact) mass is 807 g/mol. The molecule has 58 heavy (non-hydrogen) atoms. The first kappa shape index (κ1) is 39.7. The molecule has 300 valence electrons. The van der Waals surface area contributed by atoms with Crippen LogP contribution < -0.4 is 26.0 Å². The fraction of sp³-hybridized carbons (Fsp3) is 0.300. The third-order valence-electron chi connectivity index (χ3n) is 10.3. The van der Waals surface area contributed by atoms with Crippen LogP contribution in [0.15, 0.2) is 83.9 Å². The third-order valence-corrected chi connectivity index (χ3v) is 11.8. The van der Waals surface area contributed by atoms with Crippen LogP contribution in [-0.2, 0) is 24.4 Å². The van der Waals surface area contributed by atoms with Crippen LogP contribution in [0.1, 0.15) is 69.7 Å². The second-order valence-electron chi connectivity index (χ2n) is 14.1. The first-order valence-corrected chi connectivity index (χ1v) is 20.4. The second-order valence-corrected chi connectivity index (χ2v) is 15.9. The van der Waals surface area contributed by atoms with E-state index in [2.05, 4.69) is 25.3 Å². The number of piperidine rings is 1. The van der Waals surface area contributed by atoms with Crippen LogP contribution >= 0.6 is 0 Å². The predicted octanol–water partition coefficient (Wildman–Crippen LogP) is 2.57. The molecular weight excluding hydrogens is 767 g/mol. The van der Waals surface area contributed by atoms with Gasteiger partial charge in [-0.15, -0.1) is 0 Å². The zero-order valence-corrected chi connectivity index (χ0v) is 32.2. The van der Waals surface area contributed by atoms with E-state index in [9.17, 15) is 37.2 Å². The molecule has 0 aliphatic carbocycles. The Morgan fingerprint density at radius 3 is 2.31 bits per heavy atom. The number of carbonyl (C=O) groups excluding carboxylic acids is 6. The van der Waals surface area contributed by atoms with Gasteiger partial charge in [-0.1, -0.05) is 36.8 Å². The largest absolute Gasteiger partial charge is 0.382 e. The number of aromatic nitrogens is 2. The Labute approximate surface area is 334 Å². The van der Waals surface area contributed by atoms with Gasteiger partial charge in [-0.25, -0.2) is 23.1 Å². The summed E-state index contributed by atoms with van der Waals surface area (Å²) in [6.45, 7) is 2.18. The summed E-state index contributed by atoms with van der Waals surface area (Å²) in [5.41, 5.74) is 8.47. The minimum absolute atomic E-state index is 0.00432. The summed E-state index contributed by atoms with van der Waals surface area (Å²) in [5.74, 6) is -2.79. The molecule has 0 saturated carbocycles. The molecule has 0 spiro atoms. The van der Waals surface area contributed by atoms with Gasteiger partial charge in [0, 0.05) is 62.5 Å². The van der Waals surface area contributed by atoms with Crippen molar-refractivity contribution in [1.29, 1.82) is 0 Å². The molecule has 3 aromatic carbocycles. The lowest BCUT2D eigenvalue weighted by molar-refractivity contribution is -0.136. The molecule has 6 amide bonds. The number of hydrogen-bond donors (Lipinski definition) is 4. The highest BCUT2D eigenvalue weighted by atomic mass is 32.2. The highest BCUT2D eigenvalue weighted by Crippen LogP contribution is 2.31. The number of anilines is 3. The van der Waals surface area contributed by atoms with E-state index in [1.54, 1.807) is 59.5 Å². The molecule has 1 atom stereocenters. The van der Waals surface area contributed by atoms with Crippen LogP contribution in [0.5, 0.6) is 0 Å². The third kappa shape index (κ3) is 8.57. The molecule has 1 unspecified atom stereocenters. The minimum atomic E-state index is -3.81. The number of para-hydroxylation sites is 1. The van der Waals surface area contributed by atoms with Crippen LogP contribution in [0.3, 0.4) is 0 Å². The first-order valence-electron chi connectivity index (χ1n) is 18.9. The summed E-state index contributed by atoms with van der Waals surface area (Å²) in [5, 5.41) is 4.92. The van der Waals surface area contributed by atoms with Crippen molar-refractivity contribution in [1.82, 2.24) is 29.8 Å². The summed E-state index contributed by atoms with van der Waals surface area (Å²) < 4.78 is 28.6. The Kier molecular flexibility index (Phi) is 11.6. The van der Waals surface area contributed by atoms with E-state index >= 15 is 0 Å². The van der Waals surface area contributed by atoms with Gasteiger partial charge in [0.25, 0.3) is 17.7 Å². The molecule has 0 radical (unpaired) electrons. The lowest BCUT2D eigenvalue weighted by Crippen LogP contribution is -2.54. The number of imide groups is 2. The van der Waals surface area contributed by atoms with Crippen LogP contribution in [0.25, 0.3) is 11.3 Å². The van der Waals surface area contributed by atoms with Crippen molar-refractivity contribution >= 4 is 62.7 Å². The summed E-state index contributed by atoms with van der Waals surface area (Å²) in [6.07, 6.45) is 3.63. The van der Waals surface area contributed by atoms with E-state index in [-0.39, 0.29) is 52.8 Å². The number of hydrogen-bond acceptors (Lipinski definition) is 12. The molecule has 1 aromatic heterocycles. The Morgan fingerprint density at radius 1 is 0.862 bits per heavy atom. The van der Waals surface area contributed by atoms with Gasteiger partial charge in [-0.3, -0.25) is 39.0 Å². The van der Waals surface area contributed by atoms with Gasteiger partial charge in [0.1, 0.15) is 6.04 Å². The van der Waals surface area contributed by atoms with Gasteiger partial charge < -0.3 is 20.9 Å². The zero-order valence-electron chi connectivity index (χ0n) is 31.3. The van der Waals surface area contributed by atoms with Gasteiger partial charge in [0.15, 0.2) is 11.5 Å². The predicted molar refractivity (Wildman–Crippen MR) is 212 cm³/mol. The Balaban J connectivity index is 0.830. The molecule has 3 aliphatic rings. The maximum absolute atomic E-state index is 13.2. The summed E-state index contributed by atoms with van der Waals surface area (Å²) in [4.78, 5) is 89.3. The van der Waals surface area contributed by atoms with Crippen LogP contribution in [0.2, 0.25) is 0 Å². The number of fused-ring (bicyclic) bond motifs is 1. The highest BCUT2D eigenvalue weighted by molar-refractivity contribution is 7.89. The lowest BCUT2D eigenvalue weighted by Gasteiger charge is -2.36. The zero-order chi connectivity index (χ0) is 41.0. The standard InChI is InChI=1S/C40H41N9O8S/c41-36-35(38(53)44-26-7-3-1-4-8-26)45-31(24-42-36)25-10-13-28(14-11-25)58(56,57)43-18-6-2-5-9-34(51)48-21-19-47(20-22-48)27-12-15-29-30(23-27)40(55)49(39(29)54)32-16-17-33(50)46-37(32)52/h1,3-4,7-8,10-15,23-24,32,43H,2,5-6,9,16-22H2,(H2,41,42)(H,44,53)(H,46,50,52). The summed E-state index contributed by atoms with van der Waals surface area (Å²) >= 11 is 0. The molecular formula is C40H41N9O8S. The van der Waals surface area contributed by atoms with Crippen molar-refractivity contribution in [2.75, 3.05) is 48.7 Å². The van der Waals surface area contributed by atoms with E-state index in [1.807, 2.05) is 11.0 Å². The molecule has 7 rings (SSSR count). The van der Waals surface area contributed by atoms with E-state index in [1.165, 1.54) is 18.3 Å². The average Bonchev–Trinajstić information content (AvgIpc) is 3.47.